The van der Waals surface area contributed by atoms with E-state index in [2.05, 4.69) is 10.3 Å². The summed E-state index contributed by atoms with van der Waals surface area (Å²) in [5.74, 6) is 0.514. The number of anilines is 1. The molecule has 0 radical (unpaired) electrons. The molecule has 19 heavy (non-hydrogen) atoms. The molecule has 5 nitrogen and oxygen atoms in total. The quantitative estimate of drug-likeness (QED) is 0.853. The molecule has 2 rings (SSSR count). The van der Waals surface area contributed by atoms with Crippen molar-refractivity contribution in [3.8, 4) is 5.75 Å². The monoisotopic (exact) mass is 280 g/mol. The van der Waals surface area contributed by atoms with Crippen molar-refractivity contribution in [2.24, 2.45) is 0 Å². The van der Waals surface area contributed by atoms with E-state index in [0.717, 1.165) is 16.0 Å². The summed E-state index contributed by atoms with van der Waals surface area (Å²) < 4.78 is 11.1. The van der Waals surface area contributed by atoms with Crippen LogP contribution < -0.4 is 10.1 Å². The molecule has 0 amide bonds. The maximum Gasteiger partial charge on any atom is 0.328 e. The standard InChI is InChI=1S/C13H16N2O3S/c1-4-18-12(16)8(2)14-13-15-10-6-5-9(17-3)7-11(10)19-13/h5-8H,4H2,1-3H3,(H,14,15). The van der Waals surface area contributed by atoms with Crippen LogP contribution in [0.4, 0.5) is 5.13 Å². The predicted octanol–water partition coefficient (Wildman–Crippen LogP) is 2.67. The summed E-state index contributed by atoms with van der Waals surface area (Å²) in [4.78, 5) is 15.9. The van der Waals surface area contributed by atoms with Gasteiger partial charge in [0.2, 0.25) is 0 Å². The lowest BCUT2D eigenvalue weighted by Gasteiger charge is -2.10. The fourth-order valence-electron chi connectivity index (χ4n) is 1.61. The summed E-state index contributed by atoms with van der Waals surface area (Å²) >= 11 is 1.48. The molecule has 6 heteroatoms. The number of hydrogen-bond donors (Lipinski definition) is 1. The number of ether oxygens (including phenoxy) is 2. The van der Waals surface area contributed by atoms with Crippen LogP contribution in [-0.2, 0) is 9.53 Å². The SMILES string of the molecule is CCOC(=O)C(C)Nc1nc2ccc(OC)cc2s1. The molecule has 2 aromatic rings. The van der Waals surface area contributed by atoms with Gasteiger partial charge in [-0.25, -0.2) is 9.78 Å². The first-order valence-corrected chi connectivity index (χ1v) is 6.83. The Morgan fingerprint density at radius 1 is 1.53 bits per heavy atom. The molecule has 0 aliphatic carbocycles. The maximum absolute atomic E-state index is 11.5. The molecule has 0 aliphatic rings. The maximum atomic E-state index is 11.5. The zero-order valence-electron chi connectivity index (χ0n) is 11.1. The van der Waals surface area contributed by atoms with Crippen molar-refractivity contribution in [3.63, 3.8) is 0 Å². The average Bonchev–Trinajstić information content (AvgIpc) is 2.79. The highest BCUT2D eigenvalue weighted by Gasteiger charge is 2.15. The number of methoxy groups -OCH3 is 1. The van der Waals surface area contributed by atoms with Crippen molar-refractivity contribution >= 4 is 32.7 Å². The van der Waals surface area contributed by atoms with Crippen molar-refractivity contribution in [3.05, 3.63) is 18.2 Å². The van der Waals surface area contributed by atoms with Crippen molar-refractivity contribution in [1.29, 1.82) is 0 Å². The van der Waals surface area contributed by atoms with Gasteiger partial charge in [-0.3, -0.25) is 0 Å². The molecule has 0 aliphatic heterocycles. The largest absolute Gasteiger partial charge is 0.497 e. The Bertz CT molecular complexity index is 582. The number of aromatic nitrogens is 1. The second kappa shape index (κ2) is 5.88. The van der Waals surface area contributed by atoms with Gasteiger partial charge in [-0.1, -0.05) is 11.3 Å². The first kappa shape index (κ1) is 13.6. The minimum atomic E-state index is -0.414. The first-order valence-electron chi connectivity index (χ1n) is 6.01. The highest BCUT2D eigenvalue weighted by molar-refractivity contribution is 7.22. The summed E-state index contributed by atoms with van der Waals surface area (Å²) in [6.07, 6.45) is 0. The predicted molar refractivity (Wildman–Crippen MR) is 75.9 cm³/mol. The van der Waals surface area contributed by atoms with Gasteiger partial charge >= 0.3 is 5.97 Å². The van der Waals surface area contributed by atoms with Crippen LogP contribution >= 0.6 is 11.3 Å². The highest BCUT2D eigenvalue weighted by Crippen LogP contribution is 2.29. The molecule has 0 fully saturated rings. The second-order valence-electron chi connectivity index (χ2n) is 3.97. The Kier molecular flexibility index (Phi) is 4.21. The van der Waals surface area contributed by atoms with E-state index in [1.54, 1.807) is 21.0 Å². The molecule has 0 saturated heterocycles. The smallest absolute Gasteiger partial charge is 0.328 e. The van der Waals surface area contributed by atoms with E-state index in [9.17, 15) is 4.79 Å². The average molecular weight is 280 g/mol. The van der Waals surface area contributed by atoms with E-state index in [1.807, 2.05) is 18.2 Å². The van der Waals surface area contributed by atoms with Crippen LogP contribution in [0, 0.1) is 0 Å². The van der Waals surface area contributed by atoms with Gasteiger partial charge in [0.25, 0.3) is 0 Å². The summed E-state index contributed by atoms with van der Waals surface area (Å²) in [5, 5.41) is 3.74. The number of fused-ring (bicyclic) bond motifs is 1. The molecule has 0 bridgehead atoms. The van der Waals surface area contributed by atoms with Gasteiger partial charge in [-0.15, -0.1) is 0 Å². The van der Waals surface area contributed by atoms with E-state index in [-0.39, 0.29) is 5.97 Å². The van der Waals surface area contributed by atoms with Gasteiger partial charge in [0.15, 0.2) is 5.13 Å². The number of hydrogen-bond acceptors (Lipinski definition) is 6. The van der Waals surface area contributed by atoms with Crippen molar-refractivity contribution in [1.82, 2.24) is 4.98 Å². The van der Waals surface area contributed by atoms with Crippen LogP contribution in [0.1, 0.15) is 13.8 Å². The van der Waals surface area contributed by atoms with Gasteiger partial charge in [0.1, 0.15) is 11.8 Å². The van der Waals surface area contributed by atoms with Crippen LogP contribution in [0.15, 0.2) is 18.2 Å². The summed E-state index contributed by atoms with van der Waals surface area (Å²) in [6.45, 7) is 3.92. The van der Waals surface area contributed by atoms with E-state index < -0.39 is 6.04 Å². The van der Waals surface area contributed by atoms with Gasteiger partial charge in [0.05, 0.1) is 23.9 Å². The Hall–Kier alpha value is -1.82. The zero-order chi connectivity index (χ0) is 13.8. The Labute approximate surface area is 115 Å². The van der Waals surface area contributed by atoms with Crippen LogP contribution in [-0.4, -0.2) is 30.7 Å². The molecule has 1 heterocycles. The van der Waals surface area contributed by atoms with Crippen LogP contribution in [0.25, 0.3) is 10.2 Å². The fourth-order valence-corrected chi connectivity index (χ4v) is 2.59. The molecular formula is C13H16N2O3S. The van der Waals surface area contributed by atoms with Gasteiger partial charge < -0.3 is 14.8 Å². The van der Waals surface area contributed by atoms with Crippen LogP contribution in [0.3, 0.4) is 0 Å². The molecule has 1 N–H and O–H groups in total. The Balaban J connectivity index is 2.15. The Morgan fingerprint density at radius 3 is 3.00 bits per heavy atom. The number of rotatable bonds is 5. The third-order valence-electron chi connectivity index (χ3n) is 2.58. The molecule has 1 aromatic heterocycles. The van der Waals surface area contributed by atoms with Crippen LogP contribution in [0.2, 0.25) is 0 Å². The van der Waals surface area contributed by atoms with Gasteiger partial charge in [-0.05, 0) is 32.0 Å². The van der Waals surface area contributed by atoms with E-state index in [4.69, 9.17) is 9.47 Å². The zero-order valence-corrected chi connectivity index (χ0v) is 11.9. The molecular weight excluding hydrogens is 264 g/mol. The normalized spacial score (nSPS) is 12.2. The van der Waals surface area contributed by atoms with Gasteiger partial charge in [-0.2, -0.15) is 0 Å². The molecule has 1 atom stereocenters. The van der Waals surface area contributed by atoms with E-state index >= 15 is 0 Å². The van der Waals surface area contributed by atoms with Gasteiger partial charge in [0, 0.05) is 0 Å². The summed E-state index contributed by atoms with van der Waals surface area (Å²) in [6, 6.07) is 5.26. The summed E-state index contributed by atoms with van der Waals surface area (Å²) in [5.41, 5.74) is 0.879. The molecule has 0 spiro atoms. The molecule has 1 unspecified atom stereocenters. The van der Waals surface area contributed by atoms with Crippen molar-refractivity contribution in [2.75, 3.05) is 19.0 Å². The number of carbonyl (C=O) groups excluding carboxylic acids is 1. The number of thiazole rings is 1. The van der Waals surface area contributed by atoms with Crippen molar-refractivity contribution < 1.29 is 14.3 Å². The number of nitrogens with zero attached hydrogens (tertiary/aromatic N) is 1. The molecule has 0 saturated carbocycles. The third-order valence-corrected chi connectivity index (χ3v) is 3.53. The minimum absolute atomic E-state index is 0.278. The third kappa shape index (κ3) is 3.14. The van der Waals surface area contributed by atoms with Crippen LogP contribution in [0.5, 0.6) is 5.75 Å². The highest BCUT2D eigenvalue weighted by atomic mass is 32.1. The number of carbonyl (C=O) groups is 1. The fraction of sp³-hybridized carbons (Fsp3) is 0.385. The van der Waals surface area contributed by atoms with Crippen molar-refractivity contribution in [2.45, 2.75) is 19.9 Å². The number of benzene rings is 1. The first-order chi connectivity index (χ1) is 9.13. The minimum Gasteiger partial charge on any atom is -0.497 e. The second-order valence-corrected chi connectivity index (χ2v) is 5.00. The number of esters is 1. The topological polar surface area (TPSA) is 60.5 Å². The lowest BCUT2D eigenvalue weighted by molar-refractivity contribution is -0.143. The lowest BCUT2D eigenvalue weighted by atomic mass is 10.3. The lowest BCUT2D eigenvalue weighted by Crippen LogP contribution is -2.28. The summed E-state index contributed by atoms with van der Waals surface area (Å²) in [7, 11) is 1.63. The van der Waals surface area contributed by atoms with E-state index in [0.29, 0.717) is 11.7 Å². The number of nitrogens with one attached hydrogen (secondary N) is 1. The molecule has 102 valence electrons. The molecule has 1 aromatic carbocycles. The Morgan fingerprint density at radius 2 is 2.32 bits per heavy atom. The van der Waals surface area contributed by atoms with E-state index in [1.165, 1.54) is 11.3 Å².